The molecule has 0 radical (unpaired) electrons. The van der Waals surface area contributed by atoms with E-state index in [2.05, 4.69) is 9.97 Å². The average molecular weight is 376 g/mol. The fourth-order valence-corrected chi connectivity index (χ4v) is 3.27. The van der Waals surface area contributed by atoms with Crippen LogP contribution in [0.25, 0.3) is 27.9 Å². The first kappa shape index (κ1) is 17.8. The molecule has 2 aromatic carbocycles. The fourth-order valence-electron chi connectivity index (χ4n) is 3.27. The summed E-state index contributed by atoms with van der Waals surface area (Å²) in [5.41, 5.74) is 2.70. The first-order valence-corrected chi connectivity index (χ1v) is 8.97. The molecule has 4 rings (SSSR count). The highest BCUT2D eigenvalue weighted by Crippen LogP contribution is 2.28. The molecule has 1 amide bonds. The Morgan fingerprint density at radius 3 is 2.64 bits per heavy atom. The van der Waals surface area contributed by atoms with Crippen molar-refractivity contribution in [3.05, 3.63) is 64.6 Å². The van der Waals surface area contributed by atoms with Crippen molar-refractivity contribution in [1.29, 1.82) is 0 Å². The van der Waals surface area contributed by atoms with Crippen LogP contribution in [0.4, 0.5) is 0 Å². The third kappa shape index (κ3) is 2.72. The molecular formula is C21H20N4O3. The van der Waals surface area contributed by atoms with Gasteiger partial charge in [0.15, 0.2) is 0 Å². The van der Waals surface area contributed by atoms with Crippen LogP contribution < -0.4 is 10.3 Å². The van der Waals surface area contributed by atoms with Crippen molar-refractivity contribution in [3.8, 4) is 17.1 Å². The summed E-state index contributed by atoms with van der Waals surface area (Å²) in [5.74, 6) is 0.925. The number of nitrogens with one attached hydrogen (secondary N) is 1. The van der Waals surface area contributed by atoms with Crippen molar-refractivity contribution in [3.63, 3.8) is 0 Å². The van der Waals surface area contributed by atoms with Crippen molar-refractivity contribution in [2.24, 2.45) is 0 Å². The molecule has 0 atom stereocenters. The van der Waals surface area contributed by atoms with E-state index in [4.69, 9.17) is 4.74 Å². The summed E-state index contributed by atoms with van der Waals surface area (Å²) in [6, 6.07) is 13.1. The summed E-state index contributed by atoms with van der Waals surface area (Å²) in [5, 5.41) is 0. The van der Waals surface area contributed by atoms with E-state index in [0.717, 1.165) is 5.56 Å². The number of benzene rings is 2. The van der Waals surface area contributed by atoms with Gasteiger partial charge in [0, 0.05) is 25.2 Å². The second-order valence-corrected chi connectivity index (χ2v) is 6.51. The molecule has 0 spiro atoms. The first-order valence-electron chi connectivity index (χ1n) is 8.97. The Bertz CT molecular complexity index is 1240. The number of imidazole rings is 1. The highest BCUT2D eigenvalue weighted by molar-refractivity contribution is 6.00. The Labute approximate surface area is 161 Å². The summed E-state index contributed by atoms with van der Waals surface area (Å²) in [6.07, 6.45) is 1.55. The molecule has 1 N–H and O–H groups in total. The molecule has 2 heterocycles. The summed E-state index contributed by atoms with van der Waals surface area (Å²) in [6.45, 7) is 2.46. The van der Waals surface area contributed by atoms with Gasteiger partial charge in [-0.25, -0.2) is 4.98 Å². The third-order valence-corrected chi connectivity index (χ3v) is 4.88. The average Bonchev–Trinajstić information content (AvgIpc) is 3.18. The predicted octanol–water partition coefficient (Wildman–Crippen LogP) is 2.94. The van der Waals surface area contributed by atoms with Gasteiger partial charge in [-0.3, -0.25) is 14.0 Å². The molecule has 0 fully saturated rings. The normalized spacial score (nSPS) is 11.1. The van der Waals surface area contributed by atoms with Crippen molar-refractivity contribution >= 4 is 22.5 Å². The molecule has 0 aliphatic heterocycles. The maximum absolute atomic E-state index is 12.7. The van der Waals surface area contributed by atoms with Crippen LogP contribution in [-0.2, 0) is 0 Å². The minimum absolute atomic E-state index is 0.170. The zero-order valence-electron chi connectivity index (χ0n) is 15.9. The van der Waals surface area contributed by atoms with E-state index in [9.17, 15) is 9.59 Å². The van der Waals surface area contributed by atoms with Crippen LogP contribution in [-0.4, -0.2) is 45.9 Å². The number of methoxy groups -OCH3 is 1. The molecule has 7 heteroatoms. The second kappa shape index (κ2) is 6.84. The van der Waals surface area contributed by atoms with Gasteiger partial charge >= 0.3 is 0 Å². The Hall–Kier alpha value is -3.61. The largest absolute Gasteiger partial charge is 0.496 e. The maximum atomic E-state index is 12.7. The molecule has 142 valence electrons. The van der Waals surface area contributed by atoms with Gasteiger partial charge in [0.2, 0.25) is 0 Å². The number of aromatic nitrogens is 3. The molecule has 0 bridgehead atoms. The number of carbonyl (C=O) groups is 1. The Balaban J connectivity index is 2.06. The summed E-state index contributed by atoms with van der Waals surface area (Å²) in [4.78, 5) is 34.2. The van der Waals surface area contributed by atoms with E-state index >= 15 is 0 Å². The molecule has 0 aliphatic carbocycles. The van der Waals surface area contributed by atoms with Crippen LogP contribution in [0.5, 0.6) is 5.75 Å². The van der Waals surface area contributed by atoms with Gasteiger partial charge < -0.3 is 14.6 Å². The summed E-state index contributed by atoms with van der Waals surface area (Å²) < 4.78 is 7.29. The third-order valence-electron chi connectivity index (χ3n) is 4.88. The number of rotatable bonds is 4. The van der Waals surface area contributed by atoms with Crippen molar-refractivity contribution < 1.29 is 9.53 Å². The lowest BCUT2D eigenvalue weighted by Crippen LogP contribution is -2.26. The fraction of sp³-hybridized carbons (Fsp3) is 0.190. The minimum atomic E-state index is -0.269. The molecule has 7 nitrogen and oxygen atoms in total. The SMILES string of the molecule is CCN(C)C(=O)c1cc2[nH]c(=O)c3cnc(-c4ccccc4)n3c2cc1OC. The topological polar surface area (TPSA) is 79.7 Å². The number of H-pyrrole nitrogens is 1. The Morgan fingerprint density at radius 2 is 1.96 bits per heavy atom. The minimum Gasteiger partial charge on any atom is -0.496 e. The summed E-state index contributed by atoms with van der Waals surface area (Å²) in [7, 11) is 3.25. The first-order chi connectivity index (χ1) is 13.5. The molecule has 28 heavy (non-hydrogen) atoms. The maximum Gasteiger partial charge on any atom is 0.274 e. The number of hydrogen-bond donors (Lipinski definition) is 1. The van der Waals surface area contributed by atoms with Gasteiger partial charge in [0.25, 0.3) is 11.5 Å². The lowest BCUT2D eigenvalue weighted by Gasteiger charge is -2.17. The number of carbonyl (C=O) groups excluding carboxylic acids is 1. The second-order valence-electron chi connectivity index (χ2n) is 6.51. The van der Waals surface area contributed by atoms with Gasteiger partial charge in [-0.2, -0.15) is 0 Å². The molecule has 0 unspecified atom stereocenters. The van der Waals surface area contributed by atoms with Gasteiger partial charge in [0.05, 0.1) is 29.9 Å². The molecule has 4 aromatic rings. The Morgan fingerprint density at radius 1 is 1.21 bits per heavy atom. The zero-order chi connectivity index (χ0) is 19.8. The van der Waals surface area contributed by atoms with Crippen molar-refractivity contribution in [2.45, 2.75) is 6.92 Å². The van der Waals surface area contributed by atoms with Gasteiger partial charge in [-0.1, -0.05) is 30.3 Å². The van der Waals surface area contributed by atoms with Crippen LogP contribution in [0, 0.1) is 0 Å². The van der Waals surface area contributed by atoms with Crippen LogP contribution in [0.3, 0.4) is 0 Å². The lowest BCUT2D eigenvalue weighted by molar-refractivity contribution is 0.0799. The van der Waals surface area contributed by atoms with E-state index in [1.165, 1.54) is 7.11 Å². The van der Waals surface area contributed by atoms with Crippen LogP contribution in [0.15, 0.2) is 53.5 Å². The number of fused-ring (bicyclic) bond motifs is 3. The van der Waals surface area contributed by atoms with E-state index in [-0.39, 0.29) is 11.5 Å². The van der Waals surface area contributed by atoms with Crippen LogP contribution in [0.2, 0.25) is 0 Å². The van der Waals surface area contributed by atoms with Crippen molar-refractivity contribution in [1.82, 2.24) is 19.3 Å². The molecule has 0 saturated heterocycles. The van der Waals surface area contributed by atoms with E-state index in [1.807, 2.05) is 37.3 Å². The molecular weight excluding hydrogens is 356 g/mol. The highest BCUT2D eigenvalue weighted by atomic mass is 16.5. The molecule has 2 aromatic heterocycles. The number of nitrogens with zero attached hydrogens (tertiary/aromatic N) is 3. The van der Waals surface area contributed by atoms with Crippen LogP contribution in [0.1, 0.15) is 17.3 Å². The van der Waals surface area contributed by atoms with Crippen molar-refractivity contribution in [2.75, 3.05) is 20.7 Å². The van der Waals surface area contributed by atoms with Crippen LogP contribution >= 0.6 is 0 Å². The standard InChI is InChI=1S/C21H20N4O3/c1-4-24(2)21(27)14-10-15-16(11-18(14)28-3)25-17(20(26)23-15)12-22-19(25)13-8-6-5-7-9-13/h5-12H,4H2,1-3H3,(H,23,26). The Kier molecular flexibility index (Phi) is 4.35. The van der Waals surface area contributed by atoms with Gasteiger partial charge in [0.1, 0.15) is 17.1 Å². The molecule has 0 aliphatic rings. The predicted molar refractivity (Wildman–Crippen MR) is 108 cm³/mol. The van der Waals surface area contributed by atoms with E-state index in [0.29, 0.717) is 40.2 Å². The van der Waals surface area contributed by atoms with E-state index in [1.54, 1.807) is 34.7 Å². The highest BCUT2D eigenvalue weighted by Gasteiger charge is 2.20. The smallest absolute Gasteiger partial charge is 0.274 e. The molecule has 0 saturated carbocycles. The monoisotopic (exact) mass is 376 g/mol. The number of amides is 1. The quantitative estimate of drug-likeness (QED) is 0.594. The van der Waals surface area contributed by atoms with Gasteiger partial charge in [-0.15, -0.1) is 0 Å². The summed E-state index contributed by atoms with van der Waals surface area (Å²) >= 11 is 0. The van der Waals surface area contributed by atoms with E-state index < -0.39 is 0 Å². The number of aromatic amines is 1. The number of hydrogen-bond acceptors (Lipinski definition) is 4. The lowest BCUT2D eigenvalue weighted by atomic mass is 10.1. The zero-order valence-corrected chi connectivity index (χ0v) is 15.9. The van der Waals surface area contributed by atoms with Gasteiger partial charge in [-0.05, 0) is 13.0 Å². The number of ether oxygens (including phenoxy) is 1.